The molecule has 2 rings (SSSR count). The van der Waals surface area contributed by atoms with E-state index in [4.69, 9.17) is 5.11 Å². The average Bonchev–Trinajstić information content (AvgIpc) is 2.37. The molecule has 1 heterocycles. The molecule has 1 fully saturated rings. The summed E-state index contributed by atoms with van der Waals surface area (Å²) in [5, 5.41) is 8.67. The van der Waals surface area contributed by atoms with Gasteiger partial charge in [-0.05, 0) is 49.1 Å². The number of carboxylic acids is 1. The molecule has 0 radical (unpaired) electrons. The van der Waals surface area contributed by atoms with Gasteiger partial charge in [0, 0.05) is 24.9 Å². The summed E-state index contributed by atoms with van der Waals surface area (Å²) in [6, 6.07) is 6.19. The van der Waals surface area contributed by atoms with Crippen LogP contribution in [0.3, 0.4) is 0 Å². The average molecular weight is 273 g/mol. The molecule has 0 unspecified atom stereocenters. The Hall–Kier alpha value is -1.77. The fraction of sp³-hybridized carbons (Fsp3) is 0.471. The second-order valence-corrected chi connectivity index (χ2v) is 5.47. The molecule has 3 heteroatoms. The quantitative estimate of drug-likeness (QED) is 0.850. The van der Waals surface area contributed by atoms with Gasteiger partial charge in [-0.15, -0.1) is 0 Å². The smallest absolute Gasteiger partial charge is 0.328 e. The Balaban J connectivity index is 2.13. The van der Waals surface area contributed by atoms with Gasteiger partial charge in [0.25, 0.3) is 0 Å². The highest BCUT2D eigenvalue weighted by molar-refractivity contribution is 5.85. The van der Waals surface area contributed by atoms with E-state index in [-0.39, 0.29) is 0 Å². The number of carboxylic acid groups (broad SMARTS) is 1. The van der Waals surface area contributed by atoms with Crippen LogP contribution in [0.25, 0.3) is 6.08 Å². The van der Waals surface area contributed by atoms with Crippen LogP contribution in [0.5, 0.6) is 0 Å². The Labute approximate surface area is 120 Å². The zero-order chi connectivity index (χ0) is 14.4. The van der Waals surface area contributed by atoms with Crippen molar-refractivity contribution in [2.24, 2.45) is 0 Å². The first-order chi connectivity index (χ1) is 9.66. The fourth-order valence-corrected chi connectivity index (χ4v) is 2.79. The molecule has 0 bridgehead atoms. The van der Waals surface area contributed by atoms with Crippen molar-refractivity contribution in [2.45, 2.75) is 39.0 Å². The van der Waals surface area contributed by atoms with E-state index in [0.717, 1.165) is 18.7 Å². The topological polar surface area (TPSA) is 40.5 Å². The van der Waals surface area contributed by atoms with E-state index in [1.165, 1.54) is 49.4 Å². The minimum Gasteiger partial charge on any atom is -0.478 e. The Morgan fingerprint density at radius 1 is 1.15 bits per heavy atom. The minimum absolute atomic E-state index is 0.907. The first kappa shape index (κ1) is 14.6. The number of hydrogen-bond acceptors (Lipinski definition) is 2. The molecule has 3 nitrogen and oxygen atoms in total. The summed E-state index contributed by atoms with van der Waals surface area (Å²) in [6.45, 7) is 4.36. The van der Waals surface area contributed by atoms with Crippen molar-refractivity contribution in [3.05, 3.63) is 35.4 Å². The van der Waals surface area contributed by atoms with E-state index in [0.29, 0.717) is 0 Å². The van der Waals surface area contributed by atoms with Gasteiger partial charge >= 0.3 is 5.97 Å². The third-order valence-corrected chi connectivity index (χ3v) is 3.84. The van der Waals surface area contributed by atoms with Crippen LogP contribution in [0, 0.1) is 6.92 Å². The van der Waals surface area contributed by atoms with Crippen LogP contribution in [0.2, 0.25) is 0 Å². The van der Waals surface area contributed by atoms with Gasteiger partial charge in [0.2, 0.25) is 0 Å². The van der Waals surface area contributed by atoms with Gasteiger partial charge in [-0.1, -0.05) is 25.3 Å². The molecule has 1 N–H and O–H groups in total. The van der Waals surface area contributed by atoms with Crippen molar-refractivity contribution in [1.82, 2.24) is 0 Å². The lowest BCUT2D eigenvalue weighted by molar-refractivity contribution is -0.131. The predicted octanol–water partition coefficient (Wildman–Crippen LogP) is 3.86. The predicted molar refractivity (Wildman–Crippen MR) is 83.1 cm³/mol. The van der Waals surface area contributed by atoms with Crippen LogP contribution in [0.4, 0.5) is 5.69 Å². The van der Waals surface area contributed by atoms with Gasteiger partial charge in [-0.25, -0.2) is 4.79 Å². The van der Waals surface area contributed by atoms with Gasteiger partial charge < -0.3 is 10.0 Å². The zero-order valence-corrected chi connectivity index (χ0v) is 12.1. The SMILES string of the molecule is Cc1cc(C=CC(=O)O)ccc1N1CCCCCCC1. The summed E-state index contributed by atoms with van der Waals surface area (Å²) in [5.41, 5.74) is 3.46. The van der Waals surface area contributed by atoms with Crippen LogP contribution >= 0.6 is 0 Å². The zero-order valence-electron chi connectivity index (χ0n) is 12.1. The number of aliphatic carboxylic acids is 1. The van der Waals surface area contributed by atoms with E-state index in [1.54, 1.807) is 6.08 Å². The summed E-state index contributed by atoms with van der Waals surface area (Å²) in [5.74, 6) is -0.907. The lowest BCUT2D eigenvalue weighted by atomic mass is 10.0. The number of nitrogens with zero attached hydrogens (tertiary/aromatic N) is 1. The van der Waals surface area contributed by atoms with Crippen molar-refractivity contribution >= 4 is 17.7 Å². The van der Waals surface area contributed by atoms with E-state index < -0.39 is 5.97 Å². The number of rotatable bonds is 3. The van der Waals surface area contributed by atoms with Crippen molar-refractivity contribution in [3.8, 4) is 0 Å². The Morgan fingerprint density at radius 2 is 1.80 bits per heavy atom. The summed E-state index contributed by atoms with van der Waals surface area (Å²) in [6.07, 6.45) is 9.38. The molecular weight excluding hydrogens is 250 g/mol. The molecule has 1 aromatic rings. The van der Waals surface area contributed by atoms with E-state index in [9.17, 15) is 4.79 Å². The maximum atomic E-state index is 10.5. The maximum absolute atomic E-state index is 10.5. The standard InChI is InChI=1S/C17H23NO2/c1-14-13-15(8-10-17(19)20)7-9-16(14)18-11-5-3-2-4-6-12-18/h7-10,13H,2-6,11-12H2,1H3,(H,19,20). The van der Waals surface area contributed by atoms with Crippen molar-refractivity contribution in [3.63, 3.8) is 0 Å². The molecule has 0 amide bonds. The van der Waals surface area contributed by atoms with E-state index in [1.807, 2.05) is 6.07 Å². The van der Waals surface area contributed by atoms with Crippen molar-refractivity contribution in [2.75, 3.05) is 18.0 Å². The lowest BCUT2D eigenvalue weighted by Gasteiger charge is -2.28. The number of anilines is 1. The molecule has 108 valence electrons. The van der Waals surface area contributed by atoms with Gasteiger partial charge in [0.05, 0.1) is 0 Å². The molecule has 1 aromatic carbocycles. The molecule has 20 heavy (non-hydrogen) atoms. The summed E-state index contributed by atoms with van der Waals surface area (Å²) in [4.78, 5) is 13.0. The molecule has 1 aliphatic rings. The second kappa shape index (κ2) is 7.13. The summed E-state index contributed by atoms with van der Waals surface area (Å²) < 4.78 is 0. The van der Waals surface area contributed by atoms with Gasteiger partial charge in [0.1, 0.15) is 0 Å². The van der Waals surface area contributed by atoms with Crippen LogP contribution in [-0.2, 0) is 4.79 Å². The third kappa shape index (κ3) is 4.12. The highest BCUT2D eigenvalue weighted by atomic mass is 16.4. The van der Waals surface area contributed by atoms with Gasteiger partial charge in [-0.3, -0.25) is 0 Å². The largest absolute Gasteiger partial charge is 0.478 e. The van der Waals surface area contributed by atoms with Crippen molar-refractivity contribution < 1.29 is 9.90 Å². The molecule has 1 saturated heterocycles. The third-order valence-electron chi connectivity index (χ3n) is 3.84. The molecule has 0 atom stereocenters. The van der Waals surface area contributed by atoms with Gasteiger partial charge in [0.15, 0.2) is 0 Å². The number of aryl methyl sites for hydroxylation is 1. The van der Waals surface area contributed by atoms with E-state index in [2.05, 4.69) is 24.0 Å². The van der Waals surface area contributed by atoms with E-state index >= 15 is 0 Å². The number of hydrogen-bond donors (Lipinski definition) is 1. The van der Waals surface area contributed by atoms with Crippen LogP contribution in [0.1, 0.15) is 43.2 Å². The fourth-order valence-electron chi connectivity index (χ4n) is 2.79. The summed E-state index contributed by atoms with van der Waals surface area (Å²) in [7, 11) is 0. The molecule has 0 aliphatic carbocycles. The lowest BCUT2D eigenvalue weighted by Crippen LogP contribution is -2.27. The van der Waals surface area contributed by atoms with Crippen LogP contribution in [0.15, 0.2) is 24.3 Å². The monoisotopic (exact) mass is 273 g/mol. The number of benzene rings is 1. The summed E-state index contributed by atoms with van der Waals surface area (Å²) >= 11 is 0. The number of carbonyl (C=O) groups is 1. The van der Waals surface area contributed by atoms with Crippen molar-refractivity contribution in [1.29, 1.82) is 0 Å². The Bertz CT molecular complexity index is 486. The molecular formula is C17H23NO2. The first-order valence-electron chi connectivity index (χ1n) is 7.43. The highest BCUT2D eigenvalue weighted by Gasteiger charge is 2.11. The molecule has 1 aliphatic heterocycles. The highest BCUT2D eigenvalue weighted by Crippen LogP contribution is 2.24. The normalized spacial score (nSPS) is 16.9. The van der Waals surface area contributed by atoms with Gasteiger partial charge in [-0.2, -0.15) is 0 Å². The Morgan fingerprint density at radius 3 is 2.40 bits per heavy atom. The van der Waals surface area contributed by atoms with Crippen LogP contribution in [-0.4, -0.2) is 24.2 Å². The molecule has 0 saturated carbocycles. The molecule has 0 aromatic heterocycles. The van der Waals surface area contributed by atoms with Crippen LogP contribution < -0.4 is 4.90 Å². The minimum atomic E-state index is -0.907. The first-order valence-corrected chi connectivity index (χ1v) is 7.43. The second-order valence-electron chi connectivity index (χ2n) is 5.47. The maximum Gasteiger partial charge on any atom is 0.328 e. The molecule has 0 spiro atoms. The Kier molecular flexibility index (Phi) is 5.22.